The molecule has 0 heterocycles. The Morgan fingerprint density at radius 3 is 2.58 bits per heavy atom. The van der Waals surface area contributed by atoms with E-state index in [9.17, 15) is 8.42 Å². The van der Waals surface area contributed by atoms with Gasteiger partial charge >= 0.3 is 0 Å². The second-order valence-corrected chi connectivity index (χ2v) is 10.3. The molecule has 178 valence electrons. The van der Waals surface area contributed by atoms with Gasteiger partial charge in [0.05, 0.1) is 18.0 Å². The molecule has 1 saturated carbocycles. The third kappa shape index (κ3) is 9.23. The van der Waals surface area contributed by atoms with E-state index in [1.165, 1.54) is 25.7 Å². The van der Waals surface area contributed by atoms with Crippen molar-refractivity contribution in [2.75, 3.05) is 33.4 Å². The average molecular weight is 567 g/mol. The zero-order chi connectivity index (χ0) is 22.0. The SMILES string of the molecule is CCNC(=NCc1cccc(S(=O)(=O)NCCOC)c1)NCC1(CC(C)C)CCC1.I. The molecule has 0 unspecified atom stereocenters. The van der Waals surface area contributed by atoms with Gasteiger partial charge in [-0.25, -0.2) is 18.1 Å². The van der Waals surface area contributed by atoms with Crippen molar-refractivity contribution in [3.8, 4) is 0 Å². The van der Waals surface area contributed by atoms with Crippen LogP contribution in [0.1, 0.15) is 52.0 Å². The van der Waals surface area contributed by atoms with Crippen molar-refractivity contribution in [1.82, 2.24) is 15.4 Å². The fraction of sp³-hybridized carbons (Fsp3) is 0.682. The first-order chi connectivity index (χ1) is 14.3. The Balaban J connectivity index is 0.00000480. The maximum atomic E-state index is 12.4. The van der Waals surface area contributed by atoms with Gasteiger partial charge in [-0.05, 0) is 55.2 Å². The molecule has 1 aromatic rings. The van der Waals surface area contributed by atoms with Crippen LogP contribution in [0.25, 0.3) is 0 Å². The predicted octanol–water partition coefficient (Wildman–Crippen LogP) is 3.50. The lowest BCUT2D eigenvalue weighted by atomic mass is 9.64. The third-order valence-electron chi connectivity index (χ3n) is 5.46. The molecule has 1 aliphatic rings. The molecule has 1 fully saturated rings. The van der Waals surface area contributed by atoms with Gasteiger partial charge in [0.1, 0.15) is 0 Å². The van der Waals surface area contributed by atoms with Crippen molar-refractivity contribution < 1.29 is 13.2 Å². The van der Waals surface area contributed by atoms with Crippen LogP contribution < -0.4 is 15.4 Å². The number of aliphatic imine (C=N–C) groups is 1. The van der Waals surface area contributed by atoms with Gasteiger partial charge in [-0.3, -0.25) is 0 Å². The van der Waals surface area contributed by atoms with Gasteiger partial charge in [-0.2, -0.15) is 0 Å². The third-order valence-corrected chi connectivity index (χ3v) is 6.92. The number of benzene rings is 1. The van der Waals surface area contributed by atoms with Gasteiger partial charge in [0.15, 0.2) is 5.96 Å². The Labute approximate surface area is 205 Å². The molecule has 0 spiro atoms. The van der Waals surface area contributed by atoms with Crippen LogP contribution in [0, 0.1) is 11.3 Å². The number of guanidine groups is 1. The molecule has 1 aliphatic carbocycles. The van der Waals surface area contributed by atoms with Crippen LogP contribution in [0.15, 0.2) is 34.2 Å². The van der Waals surface area contributed by atoms with Gasteiger partial charge < -0.3 is 15.4 Å². The van der Waals surface area contributed by atoms with Crippen molar-refractivity contribution in [2.24, 2.45) is 16.3 Å². The van der Waals surface area contributed by atoms with Crippen molar-refractivity contribution in [3.05, 3.63) is 29.8 Å². The summed E-state index contributed by atoms with van der Waals surface area (Å²) in [5.74, 6) is 1.47. The second-order valence-electron chi connectivity index (χ2n) is 8.54. The summed E-state index contributed by atoms with van der Waals surface area (Å²) in [5.41, 5.74) is 1.23. The minimum Gasteiger partial charge on any atom is -0.383 e. The van der Waals surface area contributed by atoms with E-state index in [2.05, 4.69) is 34.2 Å². The van der Waals surface area contributed by atoms with E-state index in [4.69, 9.17) is 4.74 Å². The first-order valence-electron chi connectivity index (χ1n) is 10.9. The number of nitrogens with one attached hydrogen (secondary N) is 3. The summed E-state index contributed by atoms with van der Waals surface area (Å²) in [6, 6.07) is 6.92. The molecule has 0 aromatic heterocycles. The number of halogens is 1. The maximum absolute atomic E-state index is 12.4. The number of hydrogen-bond acceptors (Lipinski definition) is 4. The number of rotatable bonds is 12. The average Bonchev–Trinajstić information content (AvgIpc) is 2.68. The minimum atomic E-state index is -3.55. The zero-order valence-corrected chi connectivity index (χ0v) is 22.4. The molecule has 0 aliphatic heterocycles. The normalized spacial score (nSPS) is 15.8. The van der Waals surface area contributed by atoms with Crippen molar-refractivity contribution >= 4 is 40.0 Å². The van der Waals surface area contributed by atoms with Gasteiger partial charge in [0.25, 0.3) is 0 Å². The molecule has 0 radical (unpaired) electrons. The largest absolute Gasteiger partial charge is 0.383 e. The van der Waals surface area contributed by atoms with E-state index < -0.39 is 10.0 Å². The molecule has 0 atom stereocenters. The molecular formula is C22H39IN4O3S. The molecular weight excluding hydrogens is 527 g/mol. The minimum absolute atomic E-state index is 0. The molecule has 0 amide bonds. The predicted molar refractivity (Wildman–Crippen MR) is 137 cm³/mol. The summed E-state index contributed by atoms with van der Waals surface area (Å²) in [5, 5.41) is 6.81. The van der Waals surface area contributed by atoms with Crippen LogP contribution in [-0.4, -0.2) is 47.7 Å². The highest BCUT2D eigenvalue weighted by atomic mass is 127. The highest BCUT2D eigenvalue weighted by molar-refractivity contribution is 14.0. The number of methoxy groups -OCH3 is 1. The van der Waals surface area contributed by atoms with Crippen LogP contribution in [0.5, 0.6) is 0 Å². The van der Waals surface area contributed by atoms with Crippen LogP contribution in [0.4, 0.5) is 0 Å². The zero-order valence-electron chi connectivity index (χ0n) is 19.2. The topological polar surface area (TPSA) is 91.8 Å². The molecule has 1 aromatic carbocycles. The number of hydrogen-bond donors (Lipinski definition) is 3. The Morgan fingerprint density at radius 2 is 2.00 bits per heavy atom. The van der Waals surface area contributed by atoms with E-state index in [0.717, 1.165) is 24.6 Å². The molecule has 31 heavy (non-hydrogen) atoms. The lowest BCUT2D eigenvalue weighted by Crippen LogP contribution is -2.47. The fourth-order valence-electron chi connectivity index (χ4n) is 3.95. The number of ether oxygens (including phenoxy) is 1. The number of nitrogens with zero attached hydrogens (tertiary/aromatic N) is 1. The van der Waals surface area contributed by atoms with E-state index in [-0.39, 0.29) is 35.4 Å². The molecule has 0 saturated heterocycles. The molecule has 9 heteroatoms. The standard InChI is InChI=1S/C22H38N4O3S.HI/c1-5-23-21(25-17-22(10-7-11-22)15-18(2)3)24-16-19-8-6-9-20(14-19)30(27,28)26-12-13-29-4;/h6,8-9,14,18,26H,5,7,10-13,15-17H2,1-4H3,(H2,23,24,25);1H. The summed E-state index contributed by atoms with van der Waals surface area (Å²) >= 11 is 0. The second kappa shape index (κ2) is 13.6. The summed E-state index contributed by atoms with van der Waals surface area (Å²) in [7, 11) is -2.01. The van der Waals surface area contributed by atoms with Gasteiger partial charge in [0, 0.05) is 26.7 Å². The highest BCUT2D eigenvalue weighted by Crippen LogP contribution is 2.45. The van der Waals surface area contributed by atoms with Crippen LogP contribution in [0.3, 0.4) is 0 Å². The van der Waals surface area contributed by atoms with Gasteiger partial charge in [-0.1, -0.05) is 32.4 Å². The Kier molecular flexibility index (Phi) is 12.3. The first kappa shape index (κ1) is 28.1. The lowest BCUT2D eigenvalue weighted by molar-refractivity contribution is 0.104. The monoisotopic (exact) mass is 566 g/mol. The van der Waals surface area contributed by atoms with E-state index in [1.807, 2.05) is 13.0 Å². The lowest BCUT2D eigenvalue weighted by Gasteiger charge is -2.43. The summed E-state index contributed by atoms with van der Waals surface area (Å²) in [4.78, 5) is 4.93. The van der Waals surface area contributed by atoms with Crippen molar-refractivity contribution in [1.29, 1.82) is 0 Å². The van der Waals surface area contributed by atoms with Crippen LogP contribution in [0.2, 0.25) is 0 Å². The van der Waals surface area contributed by atoms with Gasteiger partial charge in [0.2, 0.25) is 10.0 Å². The highest BCUT2D eigenvalue weighted by Gasteiger charge is 2.37. The quantitative estimate of drug-likeness (QED) is 0.156. The molecule has 3 N–H and O–H groups in total. The fourth-order valence-corrected chi connectivity index (χ4v) is 5.03. The Hall–Kier alpha value is -0.910. The maximum Gasteiger partial charge on any atom is 0.240 e. The van der Waals surface area contributed by atoms with Crippen LogP contribution in [-0.2, 0) is 21.3 Å². The van der Waals surface area contributed by atoms with E-state index in [1.54, 1.807) is 25.3 Å². The molecule has 7 nitrogen and oxygen atoms in total. The van der Waals surface area contributed by atoms with E-state index >= 15 is 0 Å². The Bertz CT molecular complexity index is 796. The Morgan fingerprint density at radius 1 is 1.26 bits per heavy atom. The van der Waals surface area contributed by atoms with Crippen molar-refractivity contribution in [3.63, 3.8) is 0 Å². The molecule has 2 rings (SSSR count). The summed E-state index contributed by atoms with van der Waals surface area (Å²) in [6.07, 6.45) is 5.08. The smallest absolute Gasteiger partial charge is 0.240 e. The van der Waals surface area contributed by atoms with Crippen molar-refractivity contribution in [2.45, 2.75) is 57.9 Å². The molecule has 0 bridgehead atoms. The van der Waals surface area contributed by atoms with Gasteiger partial charge in [-0.15, -0.1) is 24.0 Å². The summed E-state index contributed by atoms with van der Waals surface area (Å²) in [6.45, 7) is 9.30. The van der Waals surface area contributed by atoms with Crippen LogP contribution >= 0.6 is 24.0 Å². The van der Waals surface area contributed by atoms with E-state index in [0.29, 0.717) is 24.5 Å². The summed E-state index contributed by atoms with van der Waals surface area (Å²) < 4.78 is 32.3. The first-order valence-corrected chi connectivity index (χ1v) is 12.4. The number of sulfonamides is 1.